The molecule has 0 saturated carbocycles. The molecule has 2 heterocycles. The van der Waals surface area contributed by atoms with Crippen molar-refractivity contribution in [2.24, 2.45) is 0 Å². The molecule has 3 nitrogen and oxygen atoms in total. The molecule has 4 heteroatoms. The van der Waals surface area contributed by atoms with Gasteiger partial charge in [0.25, 0.3) is 0 Å². The monoisotopic (exact) mass is 323 g/mol. The van der Waals surface area contributed by atoms with Gasteiger partial charge in [-0.1, -0.05) is 40.2 Å². The summed E-state index contributed by atoms with van der Waals surface area (Å²) < 4.78 is 3.21. The van der Waals surface area contributed by atoms with E-state index in [1.165, 1.54) is 5.39 Å². The van der Waals surface area contributed by atoms with Gasteiger partial charge in [0.1, 0.15) is 0 Å². The number of rotatable bonds is 1. The van der Waals surface area contributed by atoms with Crippen LogP contribution in [-0.2, 0) is 0 Å². The molecule has 0 aliphatic rings. The maximum atomic E-state index is 4.33. The molecule has 0 radical (unpaired) electrons. The van der Waals surface area contributed by atoms with E-state index >= 15 is 0 Å². The van der Waals surface area contributed by atoms with Crippen LogP contribution in [0.3, 0.4) is 0 Å². The summed E-state index contributed by atoms with van der Waals surface area (Å²) in [5, 5.41) is 10.6. The van der Waals surface area contributed by atoms with E-state index in [0.717, 1.165) is 26.7 Å². The molecule has 0 atom stereocenters. The lowest BCUT2D eigenvalue weighted by molar-refractivity contribution is 1.02. The maximum Gasteiger partial charge on any atom is 0.168 e. The van der Waals surface area contributed by atoms with Crippen LogP contribution in [0.5, 0.6) is 0 Å². The molecule has 0 bridgehead atoms. The minimum absolute atomic E-state index is 0.876. The van der Waals surface area contributed by atoms with Crippen LogP contribution in [0.1, 0.15) is 0 Å². The SMILES string of the molecule is Brc1cccc2c1c1ccnnc1n2-c1ccccc1. The third-order valence-corrected chi connectivity index (χ3v) is 4.09. The predicted molar refractivity (Wildman–Crippen MR) is 84.1 cm³/mol. The van der Waals surface area contributed by atoms with E-state index in [-0.39, 0.29) is 0 Å². The number of para-hydroxylation sites is 1. The summed E-state index contributed by atoms with van der Waals surface area (Å²) in [7, 11) is 0. The quantitative estimate of drug-likeness (QED) is 0.521. The molecule has 0 aliphatic carbocycles. The summed E-state index contributed by atoms with van der Waals surface area (Å²) in [5.74, 6) is 0. The molecule has 96 valence electrons. The molecule has 2 aromatic carbocycles. The maximum absolute atomic E-state index is 4.33. The molecular formula is C16H10BrN3. The van der Waals surface area contributed by atoms with Crippen LogP contribution in [0.4, 0.5) is 0 Å². The molecule has 0 fully saturated rings. The van der Waals surface area contributed by atoms with Crippen LogP contribution in [0.2, 0.25) is 0 Å². The van der Waals surface area contributed by atoms with E-state index < -0.39 is 0 Å². The highest BCUT2D eigenvalue weighted by molar-refractivity contribution is 9.10. The Morgan fingerprint density at radius 1 is 0.900 bits per heavy atom. The van der Waals surface area contributed by atoms with Crippen molar-refractivity contribution in [1.82, 2.24) is 14.8 Å². The van der Waals surface area contributed by atoms with Crippen LogP contribution in [0.25, 0.3) is 27.6 Å². The highest BCUT2D eigenvalue weighted by atomic mass is 79.9. The third-order valence-electron chi connectivity index (χ3n) is 3.43. The molecular weight excluding hydrogens is 314 g/mol. The summed E-state index contributed by atoms with van der Waals surface area (Å²) in [6.07, 6.45) is 1.73. The average molecular weight is 324 g/mol. The standard InChI is InChI=1S/C16H10BrN3/c17-13-7-4-8-14-15(13)12-9-10-18-19-16(12)20(14)11-5-2-1-3-6-11/h1-10H. The molecule has 4 rings (SSSR count). The van der Waals surface area contributed by atoms with Crippen LogP contribution >= 0.6 is 15.9 Å². The second-order valence-electron chi connectivity index (χ2n) is 4.57. The summed E-state index contributed by atoms with van der Waals surface area (Å²) in [5.41, 5.74) is 3.09. The van der Waals surface area contributed by atoms with Gasteiger partial charge < -0.3 is 0 Å². The van der Waals surface area contributed by atoms with E-state index in [2.05, 4.69) is 55.0 Å². The third kappa shape index (κ3) is 1.58. The van der Waals surface area contributed by atoms with Gasteiger partial charge in [-0.15, -0.1) is 5.10 Å². The zero-order valence-corrected chi connectivity index (χ0v) is 12.1. The fourth-order valence-corrected chi connectivity index (χ4v) is 3.17. The molecule has 0 N–H and O–H groups in total. The first-order valence-electron chi connectivity index (χ1n) is 6.32. The van der Waals surface area contributed by atoms with Gasteiger partial charge in [0.2, 0.25) is 0 Å². The van der Waals surface area contributed by atoms with Gasteiger partial charge in [0, 0.05) is 20.9 Å². The first-order chi connectivity index (χ1) is 9.86. The largest absolute Gasteiger partial charge is 0.292 e. The van der Waals surface area contributed by atoms with Crippen molar-refractivity contribution < 1.29 is 0 Å². The number of aromatic nitrogens is 3. The Balaban J connectivity index is 2.26. The molecule has 2 aromatic heterocycles. The molecule has 4 aromatic rings. The Kier molecular flexibility index (Phi) is 2.57. The second kappa shape index (κ2) is 4.42. The van der Waals surface area contributed by atoms with Crippen LogP contribution in [-0.4, -0.2) is 14.8 Å². The van der Waals surface area contributed by atoms with E-state index in [9.17, 15) is 0 Å². The molecule has 0 spiro atoms. The number of hydrogen-bond donors (Lipinski definition) is 0. The second-order valence-corrected chi connectivity index (χ2v) is 5.43. The van der Waals surface area contributed by atoms with Gasteiger partial charge in [-0.2, -0.15) is 5.10 Å². The van der Waals surface area contributed by atoms with Crippen molar-refractivity contribution >= 4 is 37.9 Å². The van der Waals surface area contributed by atoms with Crippen molar-refractivity contribution in [3.63, 3.8) is 0 Å². The van der Waals surface area contributed by atoms with Crippen molar-refractivity contribution in [3.8, 4) is 5.69 Å². The normalized spacial score (nSPS) is 11.2. The average Bonchev–Trinajstić information content (AvgIpc) is 2.84. The van der Waals surface area contributed by atoms with Crippen molar-refractivity contribution in [2.45, 2.75) is 0 Å². The lowest BCUT2D eigenvalue weighted by Crippen LogP contribution is -1.95. The predicted octanol–water partition coefficient (Wildman–Crippen LogP) is 4.34. The zero-order chi connectivity index (χ0) is 13.5. The van der Waals surface area contributed by atoms with Crippen LogP contribution in [0, 0.1) is 0 Å². The Morgan fingerprint density at radius 2 is 1.75 bits per heavy atom. The van der Waals surface area contributed by atoms with Gasteiger partial charge in [-0.05, 0) is 30.3 Å². The summed E-state index contributed by atoms with van der Waals surface area (Å²) in [6, 6.07) is 18.4. The van der Waals surface area contributed by atoms with Gasteiger partial charge in [0.15, 0.2) is 5.65 Å². The fraction of sp³-hybridized carbons (Fsp3) is 0. The highest BCUT2D eigenvalue weighted by Gasteiger charge is 2.14. The van der Waals surface area contributed by atoms with Crippen LogP contribution < -0.4 is 0 Å². The highest BCUT2D eigenvalue weighted by Crippen LogP contribution is 2.34. The Hall–Kier alpha value is -2.20. The zero-order valence-electron chi connectivity index (χ0n) is 10.5. The van der Waals surface area contributed by atoms with E-state index in [1.54, 1.807) is 6.20 Å². The molecule has 0 saturated heterocycles. The molecule has 20 heavy (non-hydrogen) atoms. The Bertz CT molecular complexity index is 913. The van der Waals surface area contributed by atoms with E-state index in [4.69, 9.17) is 0 Å². The topological polar surface area (TPSA) is 30.7 Å². The Morgan fingerprint density at radius 3 is 2.60 bits per heavy atom. The van der Waals surface area contributed by atoms with E-state index in [1.807, 2.05) is 30.3 Å². The smallest absolute Gasteiger partial charge is 0.168 e. The minimum atomic E-state index is 0.876. The van der Waals surface area contributed by atoms with Crippen molar-refractivity contribution in [2.75, 3.05) is 0 Å². The lowest BCUT2D eigenvalue weighted by atomic mass is 10.2. The molecule has 0 amide bonds. The van der Waals surface area contributed by atoms with Gasteiger partial charge in [0.05, 0.1) is 11.7 Å². The number of fused-ring (bicyclic) bond motifs is 3. The number of hydrogen-bond acceptors (Lipinski definition) is 2. The Labute approximate surface area is 124 Å². The van der Waals surface area contributed by atoms with Crippen molar-refractivity contribution in [1.29, 1.82) is 0 Å². The lowest BCUT2D eigenvalue weighted by Gasteiger charge is -2.05. The first kappa shape index (κ1) is 11.6. The first-order valence-corrected chi connectivity index (χ1v) is 7.11. The van der Waals surface area contributed by atoms with Crippen molar-refractivity contribution in [3.05, 3.63) is 65.3 Å². The van der Waals surface area contributed by atoms with Crippen LogP contribution in [0.15, 0.2) is 65.3 Å². The summed E-state index contributed by atoms with van der Waals surface area (Å²) in [6.45, 7) is 0. The molecule has 0 unspecified atom stereocenters. The van der Waals surface area contributed by atoms with Gasteiger partial charge in [-0.25, -0.2) is 0 Å². The van der Waals surface area contributed by atoms with Gasteiger partial charge >= 0.3 is 0 Å². The molecule has 0 aliphatic heterocycles. The number of benzene rings is 2. The summed E-state index contributed by atoms with van der Waals surface area (Å²) in [4.78, 5) is 0. The minimum Gasteiger partial charge on any atom is -0.292 e. The van der Waals surface area contributed by atoms with Gasteiger partial charge in [-0.3, -0.25) is 4.57 Å². The van der Waals surface area contributed by atoms with E-state index in [0.29, 0.717) is 0 Å². The summed E-state index contributed by atoms with van der Waals surface area (Å²) >= 11 is 3.64. The number of halogens is 1. The fourth-order valence-electron chi connectivity index (χ4n) is 2.60. The number of nitrogens with zero attached hydrogens (tertiary/aromatic N) is 3.